The van der Waals surface area contributed by atoms with Gasteiger partial charge in [0.2, 0.25) is 11.8 Å². The Morgan fingerprint density at radius 1 is 0.788 bits per heavy atom. The van der Waals surface area contributed by atoms with E-state index in [4.69, 9.17) is 0 Å². The number of fused-ring (bicyclic) bond motifs is 2. The number of unbranched alkanes of at least 4 members (excludes halogenated alkanes) is 5. The molecule has 2 amide bonds. The van der Waals surface area contributed by atoms with Crippen LogP contribution in [0.5, 0.6) is 0 Å². The molecule has 0 aliphatic carbocycles. The van der Waals surface area contributed by atoms with Crippen molar-refractivity contribution in [1.29, 1.82) is 0 Å². The number of benzene rings is 2. The van der Waals surface area contributed by atoms with Gasteiger partial charge in [0, 0.05) is 12.8 Å². The number of aromatic nitrogens is 1. The standard InChI is InChI=1S/C24H24N2O5S2/c27-21(25-23(29)17-11-7-9-13-19(17)32-25)15-5-3-1-2-4-6-16-22(28)26-24(30)18-12-8-10-14-20(18)33(26)31/h7-14H,1-6,15-16H2. The molecule has 0 radical (unpaired) electrons. The second-order valence-electron chi connectivity index (χ2n) is 7.94. The van der Waals surface area contributed by atoms with Crippen molar-refractivity contribution < 1.29 is 18.6 Å². The van der Waals surface area contributed by atoms with Gasteiger partial charge >= 0.3 is 0 Å². The van der Waals surface area contributed by atoms with E-state index in [9.17, 15) is 23.4 Å². The largest absolute Gasteiger partial charge is 0.275 e. The highest BCUT2D eigenvalue weighted by atomic mass is 32.2. The minimum Gasteiger partial charge on any atom is -0.273 e. The van der Waals surface area contributed by atoms with Crippen LogP contribution < -0.4 is 5.56 Å². The molecule has 1 unspecified atom stereocenters. The third-order valence-corrected chi connectivity index (χ3v) is 8.17. The molecule has 0 fully saturated rings. The third-order valence-electron chi connectivity index (χ3n) is 5.63. The highest BCUT2D eigenvalue weighted by Gasteiger charge is 2.38. The summed E-state index contributed by atoms with van der Waals surface area (Å²) in [5.41, 5.74) is 0.0856. The fraction of sp³-hybridized carbons (Fsp3) is 0.333. The number of hydrogen-bond acceptors (Lipinski definition) is 6. The van der Waals surface area contributed by atoms with E-state index in [1.54, 1.807) is 36.4 Å². The number of carbonyl (C=O) groups excluding carboxylic acids is 3. The molecule has 0 saturated heterocycles. The van der Waals surface area contributed by atoms with Crippen molar-refractivity contribution in [2.45, 2.75) is 56.3 Å². The molecule has 9 heteroatoms. The van der Waals surface area contributed by atoms with E-state index in [2.05, 4.69) is 0 Å². The van der Waals surface area contributed by atoms with E-state index in [0.717, 1.165) is 34.7 Å². The zero-order valence-electron chi connectivity index (χ0n) is 18.0. The molecular weight excluding hydrogens is 460 g/mol. The molecule has 3 aromatic rings. The number of hydrogen-bond donors (Lipinski definition) is 0. The molecule has 0 bridgehead atoms. The van der Waals surface area contributed by atoms with Gasteiger partial charge in [0.1, 0.15) is 0 Å². The maximum Gasteiger partial charge on any atom is 0.275 e. The maximum atomic E-state index is 12.4. The Labute approximate surface area is 197 Å². The molecule has 0 N–H and O–H groups in total. The first-order chi connectivity index (χ1) is 16.0. The first kappa shape index (κ1) is 23.3. The molecule has 1 aliphatic rings. The van der Waals surface area contributed by atoms with Gasteiger partial charge < -0.3 is 0 Å². The summed E-state index contributed by atoms with van der Waals surface area (Å²) in [6, 6.07) is 13.8. The lowest BCUT2D eigenvalue weighted by Gasteiger charge is -2.11. The van der Waals surface area contributed by atoms with Crippen LogP contribution in [0.2, 0.25) is 0 Å². The Hall–Kier alpha value is -2.91. The maximum absolute atomic E-state index is 12.4. The van der Waals surface area contributed by atoms with Crippen LogP contribution in [0.4, 0.5) is 0 Å². The lowest BCUT2D eigenvalue weighted by atomic mass is 10.1. The molecular formula is C24H24N2O5S2. The second kappa shape index (κ2) is 10.4. The van der Waals surface area contributed by atoms with Gasteiger partial charge in [0.05, 0.1) is 20.5 Å². The molecule has 1 aliphatic heterocycles. The molecule has 2 aromatic carbocycles. The number of rotatable bonds is 9. The molecule has 7 nitrogen and oxygen atoms in total. The van der Waals surface area contributed by atoms with E-state index in [0.29, 0.717) is 35.1 Å². The van der Waals surface area contributed by atoms with Crippen molar-refractivity contribution >= 4 is 50.3 Å². The highest BCUT2D eigenvalue weighted by molar-refractivity contribution is 7.84. The topological polar surface area (TPSA) is 93.5 Å². The number of carbonyl (C=O) groups is 3. The monoisotopic (exact) mass is 484 g/mol. The zero-order valence-corrected chi connectivity index (χ0v) is 19.7. The molecule has 0 saturated carbocycles. The van der Waals surface area contributed by atoms with Crippen LogP contribution >= 0.6 is 11.5 Å². The van der Waals surface area contributed by atoms with Gasteiger partial charge in [0.15, 0.2) is 11.0 Å². The SMILES string of the molecule is O=C(CCCCCCCCC(=O)n1sc2ccccc2c1=O)N1C(=O)c2ccccc2S1=O. The van der Waals surface area contributed by atoms with Crippen LogP contribution in [0, 0.1) is 0 Å². The average molecular weight is 485 g/mol. The summed E-state index contributed by atoms with van der Waals surface area (Å²) in [5.74, 6) is -1.07. The Bertz CT molecular complexity index is 1260. The highest BCUT2D eigenvalue weighted by Crippen LogP contribution is 2.27. The lowest BCUT2D eigenvalue weighted by molar-refractivity contribution is -0.124. The predicted octanol–water partition coefficient (Wildman–Crippen LogP) is 4.53. The van der Waals surface area contributed by atoms with Gasteiger partial charge in [-0.2, -0.15) is 8.26 Å². The van der Waals surface area contributed by atoms with E-state index >= 15 is 0 Å². The van der Waals surface area contributed by atoms with Crippen molar-refractivity contribution in [3.63, 3.8) is 0 Å². The summed E-state index contributed by atoms with van der Waals surface area (Å²) in [6.07, 6.45) is 5.34. The van der Waals surface area contributed by atoms with Gasteiger partial charge in [-0.05, 0) is 48.6 Å². The number of imide groups is 1. The molecule has 4 rings (SSSR count). The summed E-state index contributed by atoms with van der Waals surface area (Å²) in [6.45, 7) is 0. The van der Waals surface area contributed by atoms with Crippen molar-refractivity contribution in [2.24, 2.45) is 0 Å². The third kappa shape index (κ3) is 4.89. The molecule has 172 valence electrons. The van der Waals surface area contributed by atoms with Crippen molar-refractivity contribution in [2.75, 3.05) is 0 Å². The Balaban J connectivity index is 1.13. The first-order valence-electron chi connectivity index (χ1n) is 11.0. The fourth-order valence-corrected chi connectivity index (χ4v) is 6.11. The minimum atomic E-state index is -1.76. The van der Waals surface area contributed by atoms with E-state index < -0.39 is 22.8 Å². The van der Waals surface area contributed by atoms with Crippen LogP contribution in [0.1, 0.15) is 66.5 Å². The lowest BCUT2D eigenvalue weighted by Crippen LogP contribution is -2.32. The van der Waals surface area contributed by atoms with Crippen molar-refractivity contribution in [1.82, 2.24) is 8.26 Å². The number of nitrogens with zero attached hydrogens (tertiary/aromatic N) is 2. The van der Waals surface area contributed by atoms with Gasteiger partial charge in [-0.3, -0.25) is 19.2 Å². The van der Waals surface area contributed by atoms with E-state index in [1.807, 2.05) is 12.1 Å². The number of amides is 2. The molecule has 1 aromatic heterocycles. The van der Waals surface area contributed by atoms with Gasteiger partial charge in [-0.1, -0.05) is 49.9 Å². The molecule has 1 atom stereocenters. The van der Waals surface area contributed by atoms with Gasteiger partial charge in [0.25, 0.3) is 11.5 Å². The minimum absolute atomic E-state index is 0.170. The van der Waals surface area contributed by atoms with Crippen molar-refractivity contribution in [3.8, 4) is 0 Å². The van der Waals surface area contributed by atoms with E-state index in [1.165, 1.54) is 15.5 Å². The summed E-state index contributed by atoms with van der Waals surface area (Å²) in [5, 5.41) is 0.578. The van der Waals surface area contributed by atoms with Crippen LogP contribution in [0.15, 0.2) is 58.2 Å². The quantitative estimate of drug-likeness (QED) is 0.416. The van der Waals surface area contributed by atoms with Crippen LogP contribution in [-0.2, 0) is 15.8 Å². The average Bonchev–Trinajstić information content (AvgIpc) is 3.29. The Morgan fingerprint density at radius 3 is 2.09 bits per heavy atom. The molecule has 33 heavy (non-hydrogen) atoms. The summed E-state index contributed by atoms with van der Waals surface area (Å²) < 4.78 is 15.4. The van der Waals surface area contributed by atoms with Crippen LogP contribution in [-0.4, -0.2) is 30.2 Å². The van der Waals surface area contributed by atoms with Crippen molar-refractivity contribution in [3.05, 3.63) is 64.4 Å². The predicted molar refractivity (Wildman–Crippen MR) is 128 cm³/mol. The second-order valence-corrected chi connectivity index (χ2v) is 10.2. The van der Waals surface area contributed by atoms with Gasteiger partial charge in [-0.15, -0.1) is 0 Å². The molecule has 0 spiro atoms. The van der Waals surface area contributed by atoms with Crippen LogP contribution in [0.25, 0.3) is 10.1 Å². The molecule has 2 heterocycles. The normalized spacial score (nSPS) is 15.2. The smallest absolute Gasteiger partial charge is 0.273 e. The summed E-state index contributed by atoms with van der Waals surface area (Å²) in [4.78, 5) is 49.9. The van der Waals surface area contributed by atoms with Gasteiger partial charge in [-0.25, -0.2) is 4.21 Å². The Morgan fingerprint density at radius 2 is 1.39 bits per heavy atom. The summed E-state index contributed by atoms with van der Waals surface area (Å²) >= 11 is 1.19. The van der Waals surface area contributed by atoms with E-state index in [-0.39, 0.29) is 17.9 Å². The summed E-state index contributed by atoms with van der Waals surface area (Å²) in [7, 11) is -1.76. The Kier molecular flexibility index (Phi) is 7.29. The first-order valence-corrected chi connectivity index (χ1v) is 12.9. The van der Waals surface area contributed by atoms with Crippen LogP contribution in [0.3, 0.4) is 0 Å². The fourth-order valence-electron chi connectivity index (χ4n) is 3.88. The zero-order chi connectivity index (χ0) is 23.4.